The maximum atomic E-state index is 13.1. The molecule has 322 valence electrons. The number of esters is 1. The molecule has 3 atom stereocenters. The molecule has 0 bridgehead atoms. The molecule has 0 aliphatic heterocycles. The second kappa shape index (κ2) is 43.0. The summed E-state index contributed by atoms with van der Waals surface area (Å²) in [5.41, 5.74) is 0. The first-order valence-corrected chi connectivity index (χ1v) is 24.3. The van der Waals surface area contributed by atoms with Crippen molar-refractivity contribution in [3.63, 3.8) is 0 Å². The number of nitrogens with one attached hydrogen (secondary N) is 1. The third kappa shape index (κ3) is 37.8. The zero-order valence-electron chi connectivity index (χ0n) is 36.6. The molecule has 0 rings (SSSR count). The maximum Gasteiger partial charge on any atom is 0.306 e. The van der Waals surface area contributed by atoms with Crippen LogP contribution in [0.25, 0.3) is 0 Å². The van der Waals surface area contributed by atoms with Gasteiger partial charge in [0, 0.05) is 6.42 Å². The van der Waals surface area contributed by atoms with E-state index in [1.54, 1.807) is 0 Å². The Kier molecular flexibility index (Phi) is 42.1. The van der Waals surface area contributed by atoms with Crippen LogP contribution in [0, 0.1) is 0 Å². The third-order valence-corrected chi connectivity index (χ3v) is 11.4. The van der Waals surface area contributed by atoms with Gasteiger partial charge in [0.05, 0.1) is 25.2 Å². The Bertz CT molecular complexity index is 776. The average molecular weight is 766 g/mol. The summed E-state index contributed by atoms with van der Waals surface area (Å²) >= 11 is 0. The maximum absolute atomic E-state index is 13.1. The van der Waals surface area contributed by atoms with Gasteiger partial charge in [-0.15, -0.1) is 0 Å². The zero-order chi connectivity index (χ0) is 39.6. The Morgan fingerprint density at radius 2 is 0.778 bits per heavy atom. The van der Waals surface area contributed by atoms with Crippen LogP contribution < -0.4 is 5.32 Å². The third-order valence-electron chi connectivity index (χ3n) is 11.4. The van der Waals surface area contributed by atoms with Crippen molar-refractivity contribution in [2.75, 3.05) is 6.61 Å². The van der Waals surface area contributed by atoms with E-state index in [9.17, 15) is 19.8 Å². The summed E-state index contributed by atoms with van der Waals surface area (Å²) in [6.45, 7) is 6.48. The molecule has 0 radical (unpaired) electrons. The molecule has 0 aromatic carbocycles. The molecule has 0 saturated carbocycles. The Morgan fingerprint density at radius 3 is 1.13 bits per heavy atom. The molecule has 0 aliphatic rings. The van der Waals surface area contributed by atoms with E-state index in [4.69, 9.17) is 4.74 Å². The lowest BCUT2D eigenvalue weighted by Crippen LogP contribution is -2.46. The van der Waals surface area contributed by atoms with Crippen molar-refractivity contribution in [1.82, 2.24) is 5.32 Å². The van der Waals surface area contributed by atoms with Crippen molar-refractivity contribution in [3.8, 4) is 0 Å². The minimum absolute atomic E-state index is 0.0869. The Hall–Kier alpha value is -1.14. The molecular weight excluding hydrogens is 671 g/mol. The number of hydrogen-bond acceptors (Lipinski definition) is 5. The van der Waals surface area contributed by atoms with Crippen molar-refractivity contribution in [3.05, 3.63) is 0 Å². The first kappa shape index (κ1) is 52.9. The highest BCUT2D eigenvalue weighted by Gasteiger charge is 2.24. The molecule has 6 nitrogen and oxygen atoms in total. The highest BCUT2D eigenvalue weighted by Crippen LogP contribution is 2.18. The van der Waals surface area contributed by atoms with Crippen molar-refractivity contribution in [2.45, 2.75) is 289 Å². The molecule has 6 heteroatoms. The van der Waals surface area contributed by atoms with Crippen molar-refractivity contribution in [2.24, 2.45) is 0 Å². The topological polar surface area (TPSA) is 95.9 Å². The van der Waals surface area contributed by atoms with E-state index in [1.165, 1.54) is 180 Å². The normalized spacial score (nSPS) is 13.2. The molecular formula is C48H95NO5. The van der Waals surface area contributed by atoms with Crippen LogP contribution in [-0.4, -0.2) is 46.9 Å². The van der Waals surface area contributed by atoms with E-state index in [1.807, 2.05) is 0 Å². The predicted molar refractivity (Wildman–Crippen MR) is 232 cm³/mol. The van der Waals surface area contributed by atoms with Crippen molar-refractivity contribution >= 4 is 11.9 Å². The van der Waals surface area contributed by atoms with Crippen LogP contribution in [0.15, 0.2) is 0 Å². The van der Waals surface area contributed by atoms with Crippen LogP contribution in [0.4, 0.5) is 0 Å². The first-order valence-electron chi connectivity index (χ1n) is 24.3. The molecule has 1 amide bonds. The van der Waals surface area contributed by atoms with Gasteiger partial charge in [-0.2, -0.15) is 0 Å². The summed E-state index contributed by atoms with van der Waals surface area (Å²) in [5.74, 6) is -0.458. The van der Waals surface area contributed by atoms with Crippen LogP contribution in [0.5, 0.6) is 0 Å². The Balaban J connectivity index is 4.48. The number of hydrogen-bond donors (Lipinski definition) is 3. The summed E-state index contributed by atoms with van der Waals surface area (Å²) in [7, 11) is 0. The van der Waals surface area contributed by atoms with Gasteiger partial charge in [0.25, 0.3) is 0 Å². The fourth-order valence-electron chi connectivity index (χ4n) is 7.73. The lowest BCUT2D eigenvalue weighted by Gasteiger charge is -2.24. The number of aliphatic hydroxyl groups is 2. The van der Waals surface area contributed by atoms with Crippen LogP contribution in [0.1, 0.15) is 271 Å². The van der Waals surface area contributed by atoms with Gasteiger partial charge in [0.15, 0.2) is 0 Å². The fourth-order valence-corrected chi connectivity index (χ4v) is 7.73. The predicted octanol–water partition coefficient (Wildman–Crippen LogP) is 14.0. The Labute approximate surface area is 336 Å². The van der Waals surface area contributed by atoms with Crippen LogP contribution in [0.3, 0.4) is 0 Å². The van der Waals surface area contributed by atoms with E-state index in [-0.39, 0.29) is 24.9 Å². The summed E-state index contributed by atoms with van der Waals surface area (Å²) < 4.78 is 5.90. The van der Waals surface area contributed by atoms with Gasteiger partial charge in [-0.05, 0) is 25.7 Å². The van der Waals surface area contributed by atoms with Gasteiger partial charge in [-0.3, -0.25) is 9.59 Å². The number of aliphatic hydroxyl groups excluding tert-OH is 2. The van der Waals surface area contributed by atoms with Gasteiger partial charge in [-0.1, -0.05) is 233 Å². The molecule has 3 N–H and O–H groups in total. The van der Waals surface area contributed by atoms with E-state index < -0.39 is 18.2 Å². The monoisotopic (exact) mass is 766 g/mol. The lowest BCUT2D eigenvalue weighted by atomic mass is 10.0. The number of ether oxygens (including phenoxy) is 1. The van der Waals surface area contributed by atoms with Gasteiger partial charge in [-0.25, -0.2) is 0 Å². The van der Waals surface area contributed by atoms with Gasteiger partial charge in [0.2, 0.25) is 5.91 Å². The number of carbonyl (C=O) groups excluding carboxylic acids is 2. The first-order chi connectivity index (χ1) is 26.5. The summed E-state index contributed by atoms with van der Waals surface area (Å²) in [5, 5.41) is 23.7. The van der Waals surface area contributed by atoms with Gasteiger partial charge >= 0.3 is 5.97 Å². The number of rotatable bonds is 44. The van der Waals surface area contributed by atoms with Crippen LogP contribution in [0.2, 0.25) is 0 Å². The second-order valence-electron chi connectivity index (χ2n) is 16.9. The molecule has 0 aromatic heterocycles. The molecule has 0 aliphatic carbocycles. The van der Waals surface area contributed by atoms with E-state index in [2.05, 4.69) is 26.1 Å². The minimum Gasteiger partial charge on any atom is -0.462 e. The Morgan fingerprint density at radius 1 is 0.463 bits per heavy atom. The second-order valence-corrected chi connectivity index (χ2v) is 16.9. The molecule has 0 aromatic rings. The summed E-state index contributed by atoms with van der Waals surface area (Å²) in [6, 6.07) is -0.690. The molecule has 0 saturated heterocycles. The largest absolute Gasteiger partial charge is 0.462 e. The highest BCUT2D eigenvalue weighted by atomic mass is 16.5. The smallest absolute Gasteiger partial charge is 0.306 e. The zero-order valence-corrected chi connectivity index (χ0v) is 36.6. The summed E-state index contributed by atoms with van der Waals surface area (Å²) in [6.07, 6.45) is 44.4. The van der Waals surface area contributed by atoms with Crippen molar-refractivity contribution < 1.29 is 24.5 Å². The molecule has 54 heavy (non-hydrogen) atoms. The van der Waals surface area contributed by atoms with E-state index in [0.717, 1.165) is 44.9 Å². The van der Waals surface area contributed by atoms with Gasteiger partial charge < -0.3 is 20.3 Å². The highest BCUT2D eigenvalue weighted by molar-refractivity contribution is 5.77. The van der Waals surface area contributed by atoms with Gasteiger partial charge in [0.1, 0.15) is 6.10 Å². The van der Waals surface area contributed by atoms with Crippen LogP contribution in [-0.2, 0) is 14.3 Å². The molecule has 0 fully saturated rings. The fraction of sp³-hybridized carbons (Fsp3) is 0.958. The molecule has 0 heterocycles. The SMILES string of the molecule is CCCCCCCCCCCCCCCCC(O)C(CO)NC(=O)CC(CCCCCCCCCCCCC)OC(=O)CCCCCCCCCCCC. The average Bonchev–Trinajstić information content (AvgIpc) is 3.16. The van der Waals surface area contributed by atoms with Crippen LogP contribution >= 0.6 is 0 Å². The summed E-state index contributed by atoms with van der Waals surface area (Å²) in [4.78, 5) is 26.0. The molecule has 0 spiro atoms. The quantitative estimate of drug-likeness (QED) is 0.0424. The van der Waals surface area contributed by atoms with E-state index >= 15 is 0 Å². The molecule has 3 unspecified atom stereocenters. The van der Waals surface area contributed by atoms with E-state index in [0.29, 0.717) is 19.3 Å². The number of unbranched alkanes of at least 4 members (excludes halogenated alkanes) is 32. The number of amides is 1. The minimum atomic E-state index is -0.778. The number of carbonyl (C=O) groups is 2. The standard InChI is InChI=1S/C48H95NO5/c1-4-7-10-13-16-19-22-23-24-26-28-31-34-37-40-46(51)45(43-50)49-47(52)42-44(39-36-33-30-27-25-20-17-14-11-8-5-2)54-48(53)41-38-35-32-29-21-18-15-12-9-6-3/h44-46,50-51H,4-43H2,1-3H3,(H,49,52). The van der Waals surface area contributed by atoms with Crippen molar-refractivity contribution in [1.29, 1.82) is 0 Å². The lowest BCUT2D eigenvalue weighted by molar-refractivity contribution is -0.151.